The van der Waals surface area contributed by atoms with Crippen LogP contribution in [-0.2, 0) is 0 Å². The van der Waals surface area contributed by atoms with Crippen molar-refractivity contribution in [2.24, 2.45) is 0 Å². The van der Waals surface area contributed by atoms with Crippen LogP contribution < -0.4 is 10.5 Å². The number of anilines is 1. The molecule has 3 nitrogen and oxygen atoms in total. The topological polar surface area (TPSA) is 52.3 Å². The van der Waals surface area contributed by atoms with E-state index in [9.17, 15) is 13.6 Å². The molecular weight excluding hydrogens is 319 g/mol. The number of ketones is 1. The maximum absolute atomic E-state index is 11.9. The van der Waals surface area contributed by atoms with Gasteiger partial charge in [0.15, 0.2) is 5.78 Å². The highest BCUT2D eigenvalue weighted by atomic mass is 127. The Bertz CT molecular complexity index is 396. The van der Waals surface area contributed by atoms with E-state index in [0.29, 0.717) is 3.57 Å². The lowest BCUT2D eigenvalue weighted by Gasteiger charge is -2.09. The van der Waals surface area contributed by atoms with Crippen LogP contribution in [0.25, 0.3) is 0 Å². The zero-order valence-corrected chi connectivity index (χ0v) is 9.92. The minimum Gasteiger partial charge on any atom is -0.435 e. The Labute approximate surface area is 98.7 Å². The second-order valence-electron chi connectivity index (χ2n) is 2.81. The molecule has 0 saturated carbocycles. The Morgan fingerprint density at radius 1 is 1.53 bits per heavy atom. The monoisotopic (exact) mass is 327 g/mol. The smallest absolute Gasteiger partial charge is 0.387 e. The molecule has 1 rings (SSSR count). The second kappa shape index (κ2) is 4.73. The molecule has 6 heteroatoms. The molecule has 82 valence electrons. The van der Waals surface area contributed by atoms with Crippen molar-refractivity contribution in [2.75, 3.05) is 5.73 Å². The minimum atomic E-state index is -2.93. The number of halogens is 3. The van der Waals surface area contributed by atoms with Crippen molar-refractivity contribution in [1.82, 2.24) is 0 Å². The molecule has 15 heavy (non-hydrogen) atoms. The first-order valence-electron chi connectivity index (χ1n) is 3.96. The van der Waals surface area contributed by atoms with Crippen LogP contribution in [0.15, 0.2) is 12.1 Å². The zero-order valence-electron chi connectivity index (χ0n) is 7.76. The average Bonchev–Trinajstić information content (AvgIpc) is 2.09. The summed E-state index contributed by atoms with van der Waals surface area (Å²) in [4.78, 5) is 11.2. The molecule has 0 saturated heterocycles. The second-order valence-corrected chi connectivity index (χ2v) is 3.89. The van der Waals surface area contributed by atoms with Crippen molar-refractivity contribution in [1.29, 1.82) is 0 Å². The van der Waals surface area contributed by atoms with E-state index in [1.165, 1.54) is 19.1 Å². The predicted molar refractivity (Wildman–Crippen MR) is 60.2 cm³/mol. The lowest BCUT2D eigenvalue weighted by Crippen LogP contribution is -2.06. The number of rotatable bonds is 3. The van der Waals surface area contributed by atoms with E-state index in [2.05, 4.69) is 4.74 Å². The van der Waals surface area contributed by atoms with Crippen molar-refractivity contribution in [3.8, 4) is 5.75 Å². The van der Waals surface area contributed by atoms with Crippen molar-refractivity contribution in [3.63, 3.8) is 0 Å². The van der Waals surface area contributed by atoms with Crippen LogP contribution in [0.5, 0.6) is 5.75 Å². The number of carbonyl (C=O) groups excluding carboxylic acids is 1. The number of ether oxygens (including phenoxy) is 1. The molecule has 0 aliphatic heterocycles. The Kier molecular flexibility index (Phi) is 3.83. The van der Waals surface area contributed by atoms with Crippen LogP contribution in [-0.4, -0.2) is 12.4 Å². The highest BCUT2D eigenvalue weighted by molar-refractivity contribution is 14.1. The summed E-state index contributed by atoms with van der Waals surface area (Å²) in [7, 11) is 0. The zero-order chi connectivity index (χ0) is 11.6. The van der Waals surface area contributed by atoms with Gasteiger partial charge in [-0.05, 0) is 35.6 Å². The summed E-state index contributed by atoms with van der Waals surface area (Å²) in [6.07, 6.45) is 0. The molecule has 1 aromatic carbocycles. The van der Waals surface area contributed by atoms with Crippen molar-refractivity contribution >= 4 is 34.1 Å². The van der Waals surface area contributed by atoms with E-state index in [4.69, 9.17) is 5.73 Å². The fourth-order valence-electron chi connectivity index (χ4n) is 1.05. The van der Waals surface area contributed by atoms with Crippen molar-refractivity contribution in [2.45, 2.75) is 13.5 Å². The number of nitrogen functional groups attached to an aromatic ring is 1. The molecular formula is C9H8F2INO2. The van der Waals surface area contributed by atoms with Gasteiger partial charge in [0.05, 0.1) is 0 Å². The molecule has 1 aromatic rings. The van der Waals surface area contributed by atoms with Gasteiger partial charge >= 0.3 is 6.61 Å². The number of Topliss-reactive ketones (excluding diaryl/α,β-unsaturated/α-hetero) is 1. The number of hydrogen-bond donors (Lipinski definition) is 1. The summed E-state index contributed by atoms with van der Waals surface area (Å²) in [5.74, 6) is -0.348. The van der Waals surface area contributed by atoms with E-state index < -0.39 is 6.61 Å². The molecule has 0 atom stereocenters. The maximum Gasteiger partial charge on any atom is 0.387 e. The van der Waals surface area contributed by atoms with Gasteiger partial charge in [-0.15, -0.1) is 0 Å². The van der Waals surface area contributed by atoms with Gasteiger partial charge in [0.2, 0.25) is 0 Å². The minimum absolute atomic E-state index is 0.104. The largest absolute Gasteiger partial charge is 0.435 e. The summed E-state index contributed by atoms with van der Waals surface area (Å²) in [5.41, 5.74) is 6.08. The molecule has 0 aromatic heterocycles. The third-order valence-electron chi connectivity index (χ3n) is 1.68. The molecule has 0 fully saturated rings. The fraction of sp³-hybridized carbons (Fsp3) is 0.222. The first-order chi connectivity index (χ1) is 6.91. The molecule has 2 N–H and O–H groups in total. The molecule has 0 heterocycles. The maximum atomic E-state index is 11.9. The summed E-state index contributed by atoms with van der Waals surface area (Å²) in [6, 6.07) is 2.52. The Hall–Kier alpha value is -0.920. The van der Waals surface area contributed by atoms with Gasteiger partial charge in [0.1, 0.15) is 5.75 Å². The summed E-state index contributed by atoms with van der Waals surface area (Å²) in [6.45, 7) is -1.59. The van der Waals surface area contributed by atoms with Crippen molar-refractivity contribution in [3.05, 3.63) is 21.3 Å². The summed E-state index contributed by atoms with van der Waals surface area (Å²) < 4.78 is 28.6. The Morgan fingerprint density at radius 2 is 2.13 bits per heavy atom. The quantitative estimate of drug-likeness (QED) is 0.528. The Balaban J connectivity index is 3.17. The molecule has 0 unspecified atom stereocenters. The number of nitrogens with two attached hydrogens (primary N) is 1. The number of alkyl halides is 2. The van der Waals surface area contributed by atoms with Crippen LogP contribution in [0, 0.1) is 3.57 Å². The number of carbonyl (C=O) groups is 1. The van der Waals surface area contributed by atoms with Crippen LogP contribution >= 0.6 is 22.6 Å². The van der Waals surface area contributed by atoms with Gasteiger partial charge in [-0.25, -0.2) is 0 Å². The van der Waals surface area contributed by atoms with Gasteiger partial charge in [0, 0.05) is 20.9 Å². The van der Waals surface area contributed by atoms with Gasteiger partial charge in [-0.1, -0.05) is 0 Å². The SMILES string of the molecule is CC(=O)c1cc(OC(F)F)cc(N)c1I. The molecule has 0 spiro atoms. The first-order valence-corrected chi connectivity index (χ1v) is 5.04. The predicted octanol–water partition coefficient (Wildman–Crippen LogP) is 2.68. The molecule has 0 aliphatic rings. The number of hydrogen-bond acceptors (Lipinski definition) is 3. The average molecular weight is 327 g/mol. The third kappa shape index (κ3) is 3.01. The molecule has 0 radical (unpaired) electrons. The lowest BCUT2D eigenvalue weighted by molar-refractivity contribution is -0.0498. The van der Waals surface area contributed by atoms with E-state index in [1.807, 2.05) is 22.6 Å². The van der Waals surface area contributed by atoms with Gasteiger partial charge in [0.25, 0.3) is 0 Å². The number of benzene rings is 1. The highest BCUT2D eigenvalue weighted by Gasteiger charge is 2.13. The van der Waals surface area contributed by atoms with Crippen LogP contribution in [0.2, 0.25) is 0 Å². The highest BCUT2D eigenvalue weighted by Crippen LogP contribution is 2.27. The van der Waals surface area contributed by atoms with E-state index >= 15 is 0 Å². The van der Waals surface area contributed by atoms with Gasteiger partial charge in [-0.2, -0.15) is 8.78 Å². The molecule has 0 bridgehead atoms. The normalized spacial score (nSPS) is 10.5. The van der Waals surface area contributed by atoms with Gasteiger partial charge < -0.3 is 10.5 Å². The molecule has 0 aliphatic carbocycles. The van der Waals surface area contributed by atoms with E-state index in [-0.39, 0.29) is 22.8 Å². The van der Waals surface area contributed by atoms with Gasteiger partial charge in [-0.3, -0.25) is 4.79 Å². The standard InChI is InChI=1S/C9H8F2INO2/c1-4(14)6-2-5(15-9(10)11)3-7(13)8(6)12/h2-3,9H,13H2,1H3. The van der Waals surface area contributed by atoms with E-state index in [0.717, 1.165) is 0 Å². The third-order valence-corrected chi connectivity index (χ3v) is 2.88. The summed E-state index contributed by atoms with van der Waals surface area (Å²) >= 11 is 1.88. The first kappa shape index (κ1) is 12.2. The molecule has 0 amide bonds. The van der Waals surface area contributed by atoms with Crippen LogP contribution in [0.3, 0.4) is 0 Å². The fourth-order valence-corrected chi connectivity index (χ4v) is 1.74. The van der Waals surface area contributed by atoms with Crippen molar-refractivity contribution < 1.29 is 18.3 Å². The van der Waals surface area contributed by atoms with Crippen LogP contribution in [0.4, 0.5) is 14.5 Å². The van der Waals surface area contributed by atoms with E-state index in [1.54, 1.807) is 0 Å². The lowest BCUT2D eigenvalue weighted by atomic mass is 10.1. The Morgan fingerprint density at radius 3 is 2.60 bits per heavy atom. The van der Waals surface area contributed by atoms with Crippen LogP contribution in [0.1, 0.15) is 17.3 Å². The summed E-state index contributed by atoms with van der Waals surface area (Å²) in [5, 5.41) is 0.